The SMILES string of the molecule is CC(=O)N1Cc2nc(-c3ccnc(C(=O)N4CCN([C@H](c5ccccc5)c5nnn(C(F)F)n5)CC4)c3)oc2C1. The number of carbonyl (C=O) groups is 2. The number of hydrogen-bond acceptors (Lipinski definition) is 9. The summed E-state index contributed by atoms with van der Waals surface area (Å²) in [6.07, 6.45) is 1.54. The number of oxazole rings is 1. The van der Waals surface area contributed by atoms with E-state index in [4.69, 9.17) is 4.42 Å². The van der Waals surface area contributed by atoms with Crippen LogP contribution in [0.3, 0.4) is 0 Å². The number of fused-ring (bicyclic) bond motifs is 1. The molecule has 0 bridgehead atoms. The van der Waals surface area contributed by atoms with E-state index in [1.807, 2.05) is 30.3 Å². The Labute approximate surface area is 227 Å². The van der Waals surface area contributed by atoms with Crippen molar-refractivity contribution in [3.8, 4) is 11.5 Å². The molecular weight excluding hydrogens is 524 g/mol. The monoisotopic (exact) mass is 549 g/mol. The summed E-state index contributed by atoms with van der Waals surface area (Å²) in [7, 11) is 0. The van der Waals surface area contributed by atoms with Crippen LogP contribution in [-0.2, 0) is 17.9 Å². The van der Waals surface area contributed by atoms with E-state index < -0.39 is 12.6 Å². The first-order chi connectivity index (χ1) is 19.4. The Morgan fingerprint density at radius 3 is 2.45 bits per heavy atom. The van der Waals surface area contributed by atoms with Crippen LogP contribution in [0.25, 0.3) is 11.5 Å². The minimum Gasteiger partial charge on any atom is -0.439 e. The van der Waals surface area contributed by atoms with Crippen molar-refractivity contribution in [3.05, 3.63) is 77.2 Å². The van der Waals surface area contributed by atoms with Gasteiger partial charge in [0.2, 0.25) is 11.8 Å². The molecule has 206 valence electrons. The van der Waals surface area contributed by atoms with Gasteiger partial charge in [0.1, 0.15) is 17.1 Å². The van der Waals surface area contributed by atoms with Crippen LogP contribution in [0.5, 0.6) is 0 Å². The molecule has 1 saturated heterocycles. The predicted molar refractivity (Wildman–Crippen MR) is 134 cm³/mol. The number of piperazine rings is 1. The molecule has 0 radical (unpaired) electrons. The fourth-order valence-electron chi connectivity index (χ4n) is 5.00. The van der Waals surface area contributed by atoms with E-state index >= 15 is 0 Å². The highest BCUT2D eigenvalue weighted by atomic mass is 19.3. The molecule has 0 aliphatic carbocycles. The number of rotatable bonds is 6. The average Bonchev–Trinajstić information content (AvgIpc) is 3.70. The first-order valence-electron chi connectivity index (χ1n) is 12.7. The third-order valence-corrected chi connectivity index (χ3v) is 7.07. The van der Waals surface area contributed by atoms with Crippen LogP contribution >= 0.6 is 0 Å². The number of pyridine rings is 1. The van der Waals surface area contributed by atoms with E-state index in [0.717, 1.165) is 5.56 Å². The van der Waals surface area contributed by atoms with Gasteiger partial charge in [-0.25, -0.2) is 4.98 Å². The number of nitrogens with zero attached hydrogens (tertiary/aromatic N) is 9. The second-order valence-corrected chi connectivity index (χ2v) is 9.58. The zero-order valence-electron chi connectivity index (χ0n) is 21.5. The molecule has 0 unspecified atom stereocenters. The maximum Gasteiger partial charge on any atom is 0.350 e. The van der Waals surface area contributed by atoms with Gasteiger partial charge in [-0.15, -0.1) is 10.2 Å². The van der Waals surface area contributed by atoms with Crippen LogP contribution < -0.4 is 0 Å². The third-order valence-electron chi connectivity index (χ3n) is 7.07. The van der Waals surface area contributed by atoms with Gasteiger partial charge in [0.25, 0.3) is 5.91 Å². The Kier molecular flexibility index (Phi) is 6.76. The first kappa shape index (κ1) is 25.7. The van der Waals surface area contributed by atoms with E-state index in [9.17, 15) is 18.4 Å². The molecule has 2 aliphatic heterocycles. The summed E-state index contributed by atoms with van der Waals surface area (Å²) in [5.74, 6) is 0.912. The van der Waals surface area contributed by atoms with Crippen LogP contribution in [0.2, 0.25) is 0 Å². The van der Waals surface area contributed by atoms with Crippen LogP contribution in [0.15, 0.2) is 53.1 Å². The summed E-state index contributed by atoms with van der Waals surface area (Å²) in [6.45, 7) is 1.11. The summed E-state index contributed by atoms with van der Waals surface area (Å²) in [5.41, 5.74) is 2.44. The predicted octanol–water partition coefficient (Wildman–Crippen LogP) is 2.53. The molecule has 2 amide bonds. The highest BCUT2D eigenvalue weighted by Crippen LogP contribution is 2.30. The molecular formula is C26H25F2N9O3. The van der Waals surface area contributed by atoms with Crippen molar-refractivity contribution in [2.75, 3.05) is 26.2 Å². The Morgan fingerprint density at radius 1 is 1.00 bits per heavy atom. The van der Waals surface area contributed by atoms with Gasteiger partial charge < -0.3 is 14.2 Å². The molecule has 1 fully saturated rings. The van der Waals surface area contributed by atoms with E-state index in [2.05, 4.69) is 30.3 Å². The van der Waals surface area contributed by atoms with E-state index in [0.29, 0.717) is 67.0 Å². The van der Waals surface area contributed by atoms with Crippen LogP contribution in [0, 0.1) is 0 Å². The minimum absolute atomic E-state index is 0.0440. The Morgan fingerprint density at radius 2 is 1.77 bits per heavy atom. The van der Waals surface area contributed by atoms with Crippen molar-refractivity contribution in [3.63, 3.8) is 0 Å². The molecule has 4 aromatic rings. The highest BCUT2D eigenvalue weighted by Gasteiger charge is 2.32. The standard InChI is InChI=1S/C26H25F2N9O3/c1-16(38)36-14-20-21(15-36)40-24(30-20)18-7-8-29-19(13-18)25(39)35-11-9-34(10-12-35)22(17-5-3-2-4-6-17)23-31-33-37(32-23)26(27)28/h2-8,13,22,26H,9-12,14-15H2,1H3/t22-/m1/s1. The largest absolute Gasteiger partial charge is 0.439 e. The molecule has 0 saturated carbocycles. The summed E-state index contributed by atoms with van der Waals surface area (Å²) < 4.78 is 32.1. The summed E-state index contributed by atoms with van der Waals surface area (Å²) in [6, 6.07) is 12.3. The maximum absolute atomic E-state index is 13.4. The smallest absolute Gasteiger partial charge is 0.350 e. The van der Waals surface area contributed by atoms with Crippen molar-refractivity contribution >= 4 is 11.8 Å². The van der Waals surface area contributed by atoms with Gasteiger partial charge in [-0.2, -0.15) is 8.78 Å². The van der Waals surface area contributed by atoms with E-state index in [-0.39, 0.29) is 23.3 Å². The molecule has 2 aliphatic rings. The number of alkyl halides is 2. The number of carbonyl (C=O) groups excluding carboxylic acids is 2. The lowest BCUT2D eigenvalue weighted by atomic mass is 10.0. The van der Waals surface area contributed by atoms with Crippen LogP contribution in [0.1, 0.15) is 52.8 Å². The van der Waals surface area contributed by atoms with Gasteiger partial charge >= 0.3 is 6.55 Å². The fourth-order valence-corrected chi connectivity index (χ4v) is 5.00. The Balaban J connectivity index is 1.16. The molecule has 3 aromatic heterocycles. The van der Waals surface area contributed by atoms with Gasteiger partial charge in [-0.05, 0) is 22.9 Å². The minimum atomic E-state index is -2.89. The van der Waals surface area contributed by atoms with Crippen molar-refractivity contribution in [1.29, 1.82) is 0 Å². The Bertz CT molecular complexity index is 1510. The molecule has 1 aromatic carbocycles. The summed E-state index contributed by atoms with van der Waals surface area (Å²) in [5, 5.41) is 11.3. The van der Waals surface area contributed by atoms with Gasteiger partial charge in [0, 0.05) is 44.9 Å². The number of amides is 2. The van der Waals surface area contributed by atoms with Crippen molar-refractivity contribution in [2.24, 2.45) is 0 Å². The number of aromatic nitrogens is 6. The lowest BCUT2D eigenvalue weighted by Crippen LogP contribution is -2.50. The van der Waals surface area contributed by atoms with Gasteiger partial charge in [0.05, 0.1) is 19.1 Å². The molecule has 1 atom stereocenters. The molecule has 5 heterocycles. The maximum atomic E-state index is 13.4. The molecule has 12 nitrogen and oxygen atoms in total. The molecule has 14 heteroatoms. The Hall–Kier alpha value is -4.59. The van der Waals surface area contributed by atoms with Gasteiger partial charge in [-0.1, -0.05) is 35.1 Å². The third kappa shape index (κ3) is 4.93. The van der Waals surface area contributed by atoms with Gasteiger partial charge in [0.15, 0.2) is 5.82 Å². The normalized spacial score (nSPS) is 16.4. The van der Waals surface area contributed by atoms with Crippen molar-refractivity contribution in [2.45, 2.75) is 32.6 Å². The van der Waals surface area contributed by atoms with Crippen LogP contribution in [0.4, 0.5) is 8.78 Å². The fraction of sp³-hybridized carbons (Fsp3) is 0.346. The van der Waals surface area contributed by atoms with E-state index in [1.165, 1.54) is 6.92 Å². The van der Waals surface area contributed by atoms with Crippen molar-refractivity contribution in [1.82, 2.24) is 44.9 Å². The second-order valence-electron chi connectivity index (χ2n) is 9.58. The van der Waals surface area contributed by atoms with E-state index in [1.54, 1.807) is 28.1 Å². The summed E-state index contributed by atoms with van der Waals surface area (Å²) >= 11 is 0. The number of halogens is 2. The number of hydrogen-bond donors (Lipinski definition) is 0. The molecule has 0 N–H and O–H groups in total. The quantitative estimate of drug-likeness (QED) is 0.357. The van der Waals surface area contributed by atoms with Crippen molar-refractivity contribution < 1.29 is 22.8 Å². The summed E-state index contributed by atoms with van der Waals surface area (Å²) in [4.78, 5) is 39.5. The highest BCUT2D eigenvalue weighted by molar-refractivity contribution is 5.93. The molecule has 6 rings (SSSR count). The zero-order valence-corrected chi connectivity index (χ0v) is 21.5. The lowest BCUT2D eigenvalue weighted by Gasteiger charge is -2.38. The number of tetrazole rings is 1. The molecule has 0 spiro atoms. The first-order valence-corrected chi connectivity index (χ1v) is 12.7. The average molecular weight is 550 g/mol. The second kappa shape index (κ2) is 10.5. The topological polar surface area (TPSA) is 126 Å². The number of benzene rings is 1. The molecule has 40 heavy (non-hydrogen) atoms. The lowest BCUT2D eigenvalue weighted by molar-refractivity contribution is -0.129. The van der Waals surface area contributed by atoms with Crippen LogP contribution in [-0.4, -0.2) is 82.9 Å². The zero-order chi connectivity index (χ0) is 27.8. The van der Waals surface area contributed by atoms with Gasteiger partial charge in [-0.3, -0.25) is 19.5 Å².